The molecule has 0 aromatic carbocycles. The largest absolute Gasteiger partial charge is 0.547 e. The van der Waals surface area contributed by atoms with E-state index in [-0.39, 0.29) is 24.2 Å². The smallest absolute Gasteiger partial charge is 0.334 e. The van der Waals surface area contributed by atoms with Crippen molar-refractivity contribution in [3.63, 3.8) is 0 Å². The summed E-state index contributed by atoms with van der Waals surface area (Å²) in [7, 11) is 0. The maximum Gasteiger partial charge on any atom is 0.547 e. The Kier molecular flexibility index (Phi) is 7.25. The van der Waals surface area contributed by atoms with E-state index >= 15 is 0 Å². The quantitative estimate of drug-likeness (QED) is 0.686. The van der Waals surface area contributed by atoms with Crippen LogP contribution in [-0.2, 0) is 9.68 Å². The van der Waals surface area contributed by atoms with Gasteiger partial charge in [0.25, 0.3) is 0 Å². The van der Waals surface area contributed by atoms with Crippen LogP contribution in [0.4, 0.5) is 4.79 Å². The van der Waals surface area contributed by atoms with Gasteiger partial charge >= 0.3 is 6.16 Å². The molecule has 18 heavy (non-hydrogen) atoms. The third kappa shape index (κ3) is 5.69. The maximum atomic E-state index is 11.8. The van der Waals surface area contributed by atoms with Gasteiger partial charge < -0.3 is 9.68 Å². The molecule has 0 radical (unpaired) electrons. The molecule has 0 spiro atoms. The zero-order valence-electron chi connectivity index (χ0n) is 12.9. The lowest BCUT2D eigenvalue weighted by Crippen LogP contribution is -2.43. The number of hydrogen-bond donors (Lipinski definition) is 0. The number of rotatable bonds is 6. The van der Waals surface area contributed by atoms with Gasteiger partial charge in [-0.3, -0.25) is 0 Å². The Labute approximate surface area is 111 Å². The van der Waals surface area contributed by atoms with Gasteiger partial charge in [0.1, 0.15) is 0 Å². The van der Waals surface area contributed by atoms with Crippen LogP contribution in [0.3, 0.4) is 0 Å². The van der Waals surface area contributed by atoms with Crippen molar-refractivity contribution in [3.05, 3.63) is 0 Å². The summed E-state index contributed by atoms with van der Waals surface area (Å²) in [6.45, 7) is 15.7. The van der Waals surface area contributed by atoms with Crippen LogP contribution < -0.4 is 0 Å². The van der Waals surface area contributed by atoms with Gasteiger partial charge in [-0.05, 0) is 55.4 Å². The van der Waals surface area contributed by atoms with Crippen LogP contribution in [0.25, 0.3) is 0 Å². The van der Waals surface area contributed by atoms with Gasteiger partial charge in [0, 0.05) is 24.2 Å². The number of hydrogen-bond acceptors (Lipinski definition) is 5. The highest BCUT2D eigenvalue weighted by molar-refractivity contribution is 5.59. The van der Waals surface area contributed by atoms with E-state index in [2.05, 4.69) is 0 Å². The Hall–Kier alpha value is -0.810. The standard InChI is InChI=1S/C13H28N2O3/c1-9(2)14(10(3)4)17-13(16)18-15(11(5)6)12(7)8/h9-12H,1-8H3. The van der Waals surface area contributed by atoms with Crippen LogP contribution in [-0.4, -0.2) is 40.4 Å². The van der Waals surface area contributed by atoms with E-state index in [1.54, 1.807) is 10.1 Å². The van der Waals surface area contributed by atoms with Gasteiger partial charge in [0.2, 0.25) is 0 Å². The molecule has 0 atom stereocenters. The van der Waals surface area contributed by atoms with E-state index in [9.17, 15) is 4.79 Å². The maximum absolute atomic E-state index is 11.8. The van der Waals surface area contributed by atoms with Crippen molar-refractivity contribution >= 4 is 6.16 Å². The summed E-state index contributed by atoms with van der Waals surface area (Å²) < 4.78 is 0. The molecule has 0 rings (SSSR count). The first-order valence-electron chi connectivity index (χ1n) is 6.63. The second-order valence-electron chi connectivity index (χ2n) is 5.53. The van der Waals surface area contributed by atoms with Crippen molar-refractivity contribution in [1.29, 1.82) is 0 Å². The highest BCUT2D eigenvalue weighted by Gasteiger charge is 2.24. The minimum atomic E-state index is -0.681. The predicted octanol–water partition coefficient (Wildman–Crippen LogP) is 3.21. The second kappa shape index (κ2) is 7.59. The molecule has 5 heteroatoms. The lowest BCUT2D eigenvalue weighted by atomic mass is 10.3. The molecule has 0 amide bonds. The Bertz CT molecular complexity index is 213. The number of carbonyl (C=O) groups excluding carboxylic acids is 1. The van der Waals surface area contributed by atoms with E-state index < -0.39 is 6.16 Å². The van der Waals surface area contributed by atoms with Crippen molar-refractivity contribution in [2.45, 2.75) is 79.6 Å². The summed E-state index contributed by atoms with van der Waals surface area (Å²) in [4.78, 5) is 22.2. The summed E-state index contributed by atoms with van der Waals surface area (Å²) in [6.07, 6.45) is -0.681. The van der Waals surface area contributed by atoms with E-state index in [0.29, 0.717) is 0 Å². The molecular formula is C13H28N2O3. The van der Waals surface area contributed by atoms with Gasteiger partial charge in [-0.2, -0.15) is 4.79 Å². The highest BCUT2D eigenvalue weighted by Crippen LogP contribution is 2.11. The second-order valence-corrected chi connectivity index (χ2v) is 5.53. The molecule has 0 aromatic heterocycles. The van der Waals surface area contributed by atoms with Gasteiger partial charge in [-0.25, -0.2) is 0 Å². The molecular weight excluding hydrogens is 232 g/mol. The van der Waals surface area contributed by atoms with Crippen LogP contribution in [0, 0.1) is 0 Å². The molecule has 0 fully saturated rings. The fourth-order valence-electron chi connectivity index (χ4n) is 1.80. The fraction of sp³-hybridized carbons (Fsp3) is 0.923. The van der Waals surface area contributed by atoms with Gasteiger partial charge in [0.15, 0.2) is 0 Å². The van der Waals surface area contributed by atoms with E-state index in [1.165, 1.54) is 0 Å². The normalized spacial score (nSPS) is 12.3. The van der Waals surface area contributed by atoms with E-state index in [0.717, 1.165) is 0 Å². The summed E-state index contributed by atoms with van der Waals surface area (Å²) >= 11 is 0. The first kappa shape index (κ1) is 17.2. The molecule has 0 aliphatic carbocycles. The lowest BCUT2D eigenvalue weighted by molar-refractivity contribution is -0.225. The molecule has 108 valence electrons. The Morgan fingerprint density at radius 1 is 0.667 bits per heavy atom. The van der Waals surface area contributed by atoms with Gasteiger partial charge in [0.05, 0.1) is 0 Å². The summed E-state index contributed by atoms with van der Waals surface area (Å²) in [6, 6.07) is 0.460. The third-order valence-corrected chi connectivity index (χ3v) is 2.40. The lowest BCUT2D eigenvalue weighted by Gasteiger charge is -2.31. The van der Waals surface area contributed by atoms with Crippen molar-refractivity contribution < 1.29 is 14.5 Å². The SMILES string of the molecule is CC(C)N(OC(=O)ON(C(C)C)C(C)C)C(C)C. The van der Waals surface area contributed by atoms with Crippen molar-refractivity contribution in [2.24, 2.45) is 0 Å². The van der Waals surface area contributed by atoms with Crippen LogP contribution >= 0.6 is 0 Å². The van der Waals surface area contributed by atoms with Crippen LogP contribution in [0.1, 0.15) is 55.4 Å². The molecule has 0 saturated heterocycles. The minimum absolute atomic E-state index is 0.115. The van der Waals surface area contributed by atoms with Crippen LogP contribution in [0.15, 0.2) is 0 Å². The zero-order valence-corrected chi connectivity index (χ0v) is 12.9. The third-order valence-electron chi connectivity index (χ3n) is 2.40. The topological polar surface area (TPSA) is 42.0 Å². The highest BCUT2D eigenvalue weighted by atomic mass is 16.9. The van der Waals surface area contributed by atoms with E-state index in [4.69, 9.17) is 9.68 Å². The molecule has 0 unspecified atom stereocenters. The molecule has 0 heterocycles. The fourth-order valence-corrected chi connectivity index (χ4v) is 1.80. The molecule has 0 saturated carbocycles. The predicted molar refractivity (Wildman–Crippen MR) is 71.8 cm³/mol. The minimum Gasteiger partial charge on any atom is -0.334 e. The molecule has 0 aliphatic heterocycles. The average Bonchev–Trinajstić information content (AvgIpc) is 2.20. The first-order valence-corrected chi connectivity index (χ1v) is 6.63. The summed E-state index contributed by atoms with van der Waals surface area (Å²) in [5.41, 5.74) is 0. The Morgan fingerprint density at radius 2 is 0.889 bits per heavy atom. The Morgan fingerprint density at radius 3 is 1.06 bits per heavy atom. The van der Waals surface area contributed by atoms with Crippen molar-refractivity contribution in [1.82, 2.24) is 10.1 Å². The molecule has 0 aromatic rings. The van der Waals surface area contributed by atoms with Crippen molar-refractivity contribution in [3.8, 4) is 0 Å². The molecule has 0 aliphatic rings. The zero-order chi connectivity index (χ0) is 14.5. The molecule has 0 N–H and O–H groups in total. The van der Waals surface area contributed by atoms with Crippen molar-refractivity contribution in [2.75, 3.05) is 0 Å². The Balaban J connectivity index is 4.48. The van der Waals surface area contributed by atoms with Crippen LogP contribution in [0.2, 0.25) is 0 Å². The van der Waals surface area contributed by atoms with Crippen LogP contribution in [0.5, 0.6) is 0 Å². The summed E-state index contributed by atoms with van der Waals surface area (Å²) in [5.74, 6) is 0. The number of nitrogens with zero attached hydrogens (tertiary/aromatic N) is 2. The average molecular weight is 260 g/mol. The van der Waals surface area contributed by atoms with E-state index in [1.807, 2.05) is 55.4 Å². The number of carbonyl (C=O) groups is 1. The van der Waals surface area contributed by atoms with Gasteiger partial charge in [-0.15, -0.1) is 10.1 Å². The summed E-state index contributed by atoms with van der Waals surface area (Å²) in [5, 5.41) is 3.25. The monoisotopic (exact) mass is 260 g/mol. The molecule has 5 nitrogen and oxygen atoms in total. The first-order chi connectivity index (χ1) is 8.16. The molecule has 0 bridgehead atoms. The van der Waals surface area contributed by atoms with Gasteiger partial charge in [-0.1, -0.05) is 0 Å². The number of hydroxylamine groups is 4.